The number of nitrogens with one attached hydrogen (secondary N) is 1. The van der Waals surface area contributed by atoms with Crippen LogP contribution in [0.2, 0.25) is 5.02 Å². The Morgan fingerprint density at radius 1 is 1.29 bits per heavy atom. The average Bonchev–Trinajstić information content (AvgIpc) is 2.96. The van der Waals surface area contributed by atoms with Gasteiger partial charge in [-0.25, -0.2) is 0 Å². The Kier molecular flexibility index (Phi) is 6.81. The molecule has 0 atom stereocenters. The number of likely N-dealkylation sites (tertiary alicyclic amines) is 1. The van der Waals surface area contributed by atoms with E-state index in [9.17, 15) is 0 Å². The van der Waals surface area contributed by atoms with Gasteiger partial charge in [0, 0.05) is 19.1 Å². The van der Waals surface area contributed by atoms with E-state index in [-0.39, 0.29) is 0 Å². The van der Waals surface area contributed by atoms with E-state index >= 15 is 0 Å². The third-order valence-corrected chi connectivity index (χ3v) is 4.08. The first-order valence-electron chi connectivity index (χ1n) is 8.02. The number of ether oxygens (including phenoxy) is 1. The summed E-state index contributed by atoms with van der Waals surface area (Å²) in [5.74, 6) is 0.798. The van der Waals surface area contributed by atoms with Crippen molar-refractivity contribution >= 4 is 11.6 Å². The fraction of sp³-hybridized carbons (Fsp3) is 0.647. The molecular formula is C17H27ClN2O. The molecule has 0 amide bonds. The van der Waals surface area contributed by atoms with Gasteiger partial charge in [-0.15, -0.1) is 0 Å². The Balaban J connectivity index is 1.72. The van der Waals surface area contributed by atoms with E-state index in [0.717, 1.165) is 31.9 Å². The summed E-state index contributed by atoms with van der Waals surface area (Å²) in [4.78, 5) is 2.51. The highest BCUT2D eigenvalue weighted by molar-refractivity contribution is 6.32. The van der Waals surface area contributed by atoms with E-state index in [1.165, 1.54) is 31.5 Å². The molecular weight excluding hydrogens is 284 g/mol. The molecule has 0 bridgehead atoms. The highest BCUT2D eigenvalue weighted by Crippen LogP contribution is 2.25. The summed E-state index contributed by atoms with van der Waals surface area (Å²) in [5, 5.41) is 4.09. The highest BCUT2D eigenvalue weighted by atomic mass is 35.5. The van der Waals surface area contributed by atoms with Crippen molar-refractivity contribution in [2.45, 2.75) is 45.7 Å². The minimum absolute atomic E-state index is 0.477. The summed E-state index contributed by atoms with van der Waals surface area (Å²) in [5.41, 5.74) is 1.19. The second-order valence-electron chi connectivity index (χ2n) is 6.05. The number of hydrogen-bond donors (Lipinski definition) is 1. The molecule has 3 nitrogen and oxygen atoms in total. The second-order valence-corrected chi connectivity index (χ2v) is 6.46. The van der Waals surface area contributed by atoms with Crippen LogP contribution in [-0.4, -0.2) is 37.2 Å². The summed E-state index contributed by atoms with van der Waals surface area (Å²) < 4.78 is 5.80. The number of hydrogen-bond acceptors (Lipinski definition) is 3. The first-order valence-corrected chi connectivity index (χ1v) is 8.40. The largest absolute Gasteiger partial charge is 0.492 e. The maximum absolute atomic E-state index is 6.29. The molecule has 0 saturated carbocycles. The SMILES string of the molecule is CC(C)NCc1ccc(OCCCN2CCCC2)c(Cl)c1. The van der Waals surface area contributed by atoms with Crippen LogP contribution in [0.5, 0.6) is 5.75 Å². The van der Waals surface area contributed by atoms with E-state index in [2.05, 4.69) is 30.1 Å². The Bertz CT molecular complexity index is 431. The van der Waals surface area contributed by atoms with Gasteiger partial charge in [-0.1, -0.05) is 31.5 Å². The average molecular weight is 311 g/mol. The van der Waals surface area contributed by atoms with Gasteiger partial charge in [0.2, 0.25) is 0 Å². The summed E-state index contributed by atoms with van der Waals surface area (Å²) >= 11 is 6.29. The molecule has 0 spiro atoms. The lowest BCUT2D eigenvalue weighted by Crippen LogP contribution is -2.22. The lowest BCUT2D eigenvalue weighted by molar-refractivity contribution is 0.263. The van der Waals surface area contributed by atoms with Crippen LogP contribution in [-0.2, 0) is 6.54 Å². The van der Waals surface area contributed by atoms with Crippen molar-refractivity contribution in [2.24, 2.45) is 0 Å². The van der Waals surface area contributed by atoms with Crippen molar-refractivity contribution in [1.29, 1.82) is 0 Å². The van der Waals surface area contributed by atoms with Gasteiger partial charge in [0.1, 0.15) is 5.75 Å². The molecule has 21 heavy (non-hydrogen) atoms. The highest BCUT2D eigenvalue weighted by Gasteiger charge is 2.10. The topological polar surface area (TPSA) is 24.5 Å². The van der Waals surface area contributed by atoms with Gasteiger partial charge in [0.15, 0.2) is 0 Å². The predicted octanol–water partition coefficient (Wildman–Crippen LogP) is 3.70. The minimum Gasteiger partial charge on any atom is -0.492 e. The standard InChI is InChI=1S/C17H27ClN2O/c1-14(2)19-13-15-6-7-17(16(18)12-15)21-11-5-10-20-8-3-4-9-20/h6-7,12,14,19H,3-5,8-11,13H2,1-2H3. The Morgan fingerprint density at radius 3 is 2.71 bits per heavy atom. The van der Waals surface area contributed by atoms with Gasteiger partial charge >= 0.3 is 0 Å². The molecule has 0 radical (unpaired) electrons. The first-order chi connectivity index (χ1) is 10.1. The maximum atomic E-state index is 6.29. The summed E-state index contributed by atoms with van der Waals surface area (Å²) in [6.45, 7) is 9.48. The molecule has 1 fully saturated rings. The Hall–Kier alpha value is -0.770. The van der Waals surface area contributed by atoms with Crippen LogP contribution in [0.15, 0.2) is 18.2 Å². The molecule has 4 heteroatoms. The number of nitrogens with zero attached hydrogens (tertiary/aromatic N) is 1. The zero-order valence-corrected chi connectivity index (χ0v) is 14.0. The van der Waals surface area contributed by atoms with E-state index in [1.807, 2.05) is 12.1 Å². The van der Waals surface area contributed by atoms with Crippen LogP contribution < -0.4 is 10.1 Å². The molecule has 1 N–H and O–H groups in total. The van der Waals surface area contributed by atoms with Crippen LogP contribution in [0.1, 0.15) is 38.7 Å². The van der Waals surface area contributed by atoms with Crippen molar-refractivity contribution in [3.8, 4) is 5.75 Å². The lowest BCUT2D eigenvalue weighted by Gasteiger charge is -2.15. The van der Waals surface area contributed by atoms with Crippen molar-refractivity contribution in [1.82, 2.24) is 10.2 Å². The van der Waals surface area contributed by atoms with Crippen LogP contribution in [0, 0.1) is 0 Å². The number of halogens is 1. The minimum atomic E-state index is 0.477. The molecule has 1 aromatic carbocycles. The normalized spacial score (nSPS) is 15.8. The maximum Gasteiger partial charge on any atom is 0.137 e. The van der Waals surface area contributed by atoms with Gasteiger partial charge in [-0.2, -0.15) is 0 Å². The van der Waals surface area contributed by atoms with Crippen molar-refractivity contribution in [2.75, 3.05) is 26.2 Å². The van der Waals surface area contributed by atoms with Crippen molar-refractivity contribution < 1.29 is 4.74 Å². The molecule has 1 saturated heterocycles. The summed E-state index contributed by atoms with van der Waals surface area (Å²) in [7, 11) is 0. The zero-order chi connectivity index (χ0) is 15.1. The Morgan fingerprint density at radius 2 is 2.05 bits per heavy atom. The van der Waals surface area contributed by atoms with Gasteiger partial charge < -0.3 is 15.0 Å². The fourth-order valence-corrected chi connectivity index (χ4v) is 2.83. The molecule has 0 aliphatic carbocycles. The summed E-state index contributed by atoms with van der Waals surface area (Å²) in [6.07, 6.45) is 3.75. The molecule has 1 aliphatic rings. The van der Waals surface area contributed by atoms with Crippen LogP contribution in [0.4, 0.5) is 0 Å². The zero-order valence-electron chi connectivity index (χ0n) is 13.2. The number of rotatable bonds is 8. The molecule has 0 unspecified atom stereocenters. The van der Waals surface area contributed by atoms with E-state index in [0.29, 0.717) is 11.1 Å². The lowest BCUT2D eigenvalue weighted by atomic mass is 10.2. The predicted molar refractivity (Wildman–Crippen MR) is 89.2 cm³/mol. The molecule has 0 aromatic heterocycles. The van der Waals surface area contributed by atoms with Crippen molar-refractivity contribution in [3.63, 3.8) is 0 Å². The van der Waals surface area contributed by atoms with Crippen LogP contribution in [0.3, 0.4) is 0 Å². The third kappa shape index (κ3) is 5.85. The van der Waals surface area contributed by atoms with E-state index in [1.54, 1.807) is 0 Å². The van der Waals surface area contributed by atoms with Crippen LogP contribution in [0.25, 0.3) is 0 Å². The Labute approximate surface area is 133 Å². The molecule has 2 rings (SSSR count). The van der Waals surface area contributed by atoms with E-state index in [4.69, 9.17) is 16.3 Å². The third-order valence-electron chi connectivity index (χ3n) is 3.79. The summed E-state index contributed by atoms with van der Waals surface area (Å²) in [6, 6.07) is 6.53. The van der Waals surface area contributed by atoms with Gasteiger partial charge in [-0.05, 0) is 50.0 Å². The van der Waals surface area contributed by atoms with Gasteiger partial charge in [-0.3, -0.25) is 0 Å². The fourth-order valence-electron chi connectivity index (χ4n) is 2.57. The molecule has 1 heterocycles. The van der Waals surface area contributed by atoms with Crippen LogP contribution >= 0.6 is 11.6 Å². The monoisotopic (exact) mass is 310 g/mol. The second kappa shape index (κ2) is 8.62. The number of benzene rings is 1. The van der Waals surface area contributed by atoms with Crippen molar-refractivity contribution in [3.05, 3.63) is 28.8 Å². The first kappa shape index (κ1) is 16.6. The van der Waals surface area contributed by atoms with Gasteiger partial charge in [0.05, 0.1) is 11.6 Å². The van der Waals surface area contributed by atoms with E-state index < -0.39 is 0 Å². The molecule has 1 aromatic rings. The quantitative estimate of drug-likeness (QED) is 0.741. The van der Waals surface area contributed by atoms with Gasteiger partial charge in [0.25, 0.3) is 0 Å². The molecule has 1 aliphatic heterocycles. The molecule has 118 valence electrons. The smallest absolute Gasteiger partial charge is 0.137 e.